The van der Waals surface area contributed by atoms with Crippen LogP contribution in [0.2, 0.25) is 0 Å². The molecule has 1 aromatic rings. The molecule has 26 heavy (non-hydrogen) atoms. The Labute approximate surface area is 148 Å². The van der Waals surface area contributed by atoms with Crippen LogP contribution in [-0.4, -0.2) is 60.0 Å². The monoisotopic (exact) mass is 372 g/mol. The van der Waals surface area contributed by atoms with Gasteiger partial charge in [0.05, 0.1) is 0 Å². The smallest absolute Gasteiger partial charge is 0.333 e. The fourth-order valence-electron chi connectivity index (χ4n) is 2.58. The van der Waals surface area contributed by atoms with Crippen molar-refractivity contribution in [2.75, 3.05) is 36.8 Å². The molecular weight excluding hydrogens is 353 g/mol. The molecule has 1 aliphatic heterocycles. The summed E-state index contributed by atoms with van der Waals surface area (Å²) in [5.41, 5.74) is 0.946. The molecule has 1 aliphatic rings. The van der Waals surface area contributed by atoms with E-state index in [1.165, 1.54) is 11.8 Å². The maximum atomic E-state index is 12.5. The van der Waals surface area contributed by atoms with E-state index in [0.29, 0.717) is 16.3 Å². The lowest BCUT2D eigenvalue weighted by Gasteiger charge is -2.23. The highest BCUT2D eigenvalue weighted by molar-refractivity contribution is 5.92. The van der Waals surface area contributed by atoms with Crippen LogP contribution in [0.5, 0.6) is 0 Å². The van der Waals surface area contributed by atoms with E-state index in [1.54, 1.807) is 24.3 Å². The average molecular weight is 372 g/mol. The number of alkyl halides is 3. The number of urea groups is 1. The Hall–Kier alpha value is -2.78. The third kappa shape index (κ3) is 5.36. The van der Waals surface area contributed by atoms with Crippen molar-refractivity contribution in [1.29, 1.82) is 0 Å². The van der Waals surface area contributed by atoms with E-state index in [1.807, 2.05) is 0 Å². The molecule has 0 radical (unpaired) electrons. The highest BCUT2D eigenvalue weighted by Gasteiger charge is 2.42. The molecule has 1 heterocycles. The molecule has 0 atom stereocenters. The van der Waals surface area contributed by atoms with Crippen LogP contribution in [0.4, 0.5) is 29.3 Å². The normalized spacial score (nSPS) is 15.2. The van der Waals surface area contributed by atoms with Crippen molar-refractivity contribution in [2.24, 2.45) is 0 Å². The second-order valence-electron chi connectivity index (χ2n) is 5.82. The first kappa shape index (κ1) is 19.5. The Morgan fingerprint density at radius 1 is 0.962 bits per heavy atom. The fourth-order valence-corrected chi connectivity index (χ4v) is 2.58. The topological polar surface area (TPSA) is 81.8 Å². The number of nitrogens with one attached hydrogen (secondary N) is 2. The van der Waals surface area contributed by atoms with E-state index in [4.69, 9.17) is 0 Å². The molecule has 0 aliphatic carbocycles. The lowest BCUT2D eigenvalue weighted by molar-refractivity contribution is -0.185. The van der Waals surface area contributed by atoms with Gasteiger partial charge in [0, 0.05) is 44.5 Å². The van der Waals surface area contributed by atoms with Gasteiger partial charge < -0.3 is 20.4 Å². The first-order valence-corrected chi connectivity index (χ1v) is 7.96. The molecule has 0 unspecified atom stereocenters. The maximum Gasteiger partial charge on any atom is 0.471 e. The zero-order valence-corrected chi connectivity index (χ0v) is 14.1. The predicted molar refractivity (Wildman–Crippen MR) is 88.6 cm³/mol. The number of benzene rings is 1. The Kier molecular flexibility index (Phi) is 6.06. The van der Waals surface area contributed by atoms with Gasteiger partial charge >= 0.3 is 18.1 Å². The van der Waals surface area contributed by atoms with Gasteiger partial charge in [0.15, 0.2) is 0 Å². The summed E-state index contributed by atoms with van der Waals surface area (Å²) in [6.45, 7) is 1.35. The van der Waals surface area contributed by atoms with Crippen molar-refractivity contribution in [3.63, 3.8) is 0 Å². The molecule has 0 spiro atoms. The van der Waals surface area contributed by atoms with Gasteiger partial charge in [0.25, 0.3) is 0 Å². The standard InChI is InChI=1S/C16H19F3N4O3/c1-11(24)20-12-4-2-5-13(10-12)21-15(26)23-7-3-6-22(8-9-23)14(25)16(17,18)19/h2,4-5,10H,3,6-9H2,1H3,(H,20,24)(H,21,26). The van der Waals surface area contributed by atoms with Crippen molar-refractivity contribution in [1.82, 2.24) is 9.80 Å². The van der Waals surface area contributed by atoms with E-state index in [-0.39, 0.29) is 38.5 Å². The highest BCUT2D eigenvalue weighted by Crippen LogP contribution is 2.20. The zero-order valence-electron chi connectivity index (χ0n) is 14.1. The van der Waals surface area contributed by atoms with Crippen molar-refractivity contribution in [2.45, 2.75) is 19.5 Å². The number of halogens is 3. The van der Waals surface area contributed by atoms with E-state index in [2.05, 4.69) is 10.6 Å². The number of hydrogen-bond acceptors (Lipinski definition) is 3. The summed E-state index contributed by atoms with van der Waals surface area (Å²) in [5, 5.41) is 5.22. The predicted octanol–water partition coefficient (Wildman–Crippen LogP) is 2.27. The Balaban J connectivity index is 1.96. The van der Waals surface area contributed by atoms with Crippen molar-refractivity contribution in [3.8, 4) is 0 Å². The van der Waals surface area contributed by atoms with Gasteiger partial charge in [0.2, 0.25) is 5.91 Å². The second kappa shape index (κ2) is 8.07. The Morgan fingerprint density at radius 3 is 2.15 bits per heavy atom. The lowest BCUT2D eigenvalue weighted by Crippen LogP contribution is -2.44. The SMILES string of the molecule is CC(=O)Nc1cccc(NC(=O)N2CCCN(C(=O)C(F)(F)F)CC2)c1. The summed E-state index contributed by atoms with van der Waals surface area (Å²) in [6, 6.07) is 6.01. The molecule has 1 fully saturated rings. The summed E-state index contributed by atoms with van der Waals surface area (Å²) in [4.78, 5) is 36.8. The molecule has 10 heteroatoms. The summed E-state index contributed by atoms with van der Waals surface area (Å²) < 4.78 is 37.6. The Bertz CT molecular complexity index is 694. The first-order valence-electron chi connectivity index (χ1n) is 7.96. The van der Waals surface area contributed by atoms with Gasteiger partial charge in [0.1, 0.15) is 0 Å². The van der Waals surface area contributed by atoms with Crippen LogP contribution in [0.3, 0.4) is 0 Å². The number of carbonyl (C=O) groups excluding carboxylic acids is 3. The molecule has 2 rings (SSSR count). The molecule has 1 aromatic carbocycles. The molecular formula is C16H19F3N4O3. The lowest BCUT2D eigenvalue weighted by atomic mass is 10.2. The third-order valence-electron chi connectivity index (χ3n) is 3.75. The van der Waals surface area contributed by atoms with Crippen LogP contribution < -0.4 is 10.6 Å². The number of rotatable bonds is 2. The largest absolute Gasteiger partial charge is 0.471 e. The van der Waals surface area contributed by atoms with Crippen LogP contribution >= 0.6 is 0 Å². The van der Waals surface area contributed by atoms with Crippen molar-refractivity contribution < 1.29 is 27.6 Å². The highest BCUT2D eigenvalue weighted by atomic mass is 19.4. The van der Waals surface area contributed by atoms with E-state index in [0.717, 1.165) is 0 Å². The van der Waals surface area contributed by atoms with Crippen molar-refractivity contribution in [3.05, 3.63) is 24.3 Å². The molecule has 0 aromatic heterocycles. The summed E-state index contributed by atoms with van der Waals surface area (Å²) >= 11 is 0. The first-order chi connectivity index (χ1) is 12.2. The number of carbonyl (C=O) groups is 3. The summed E-state index contributed by atoms with van der Waals surface area (Å²) in [5.74, 6) is -2.14. The van der Waals surface area contributed by atoms with Crippen LogP contribution in [0, 0.1) is 0 Å². The van der Waals surface area contributed by atoms with Crippen LogP contribution in [0.15, 0.2) is 24.3 Å². The van der Waals surface area contributed by atoms with Crippen LogP contribution in [-0.2, 0) is 9.59 Å². The minimum Gasteiger partial charge on any atom is -0.333 e. The third-order valence-corrected chi connectivity index (χ3v) is 3.75. The molecule has 0 bridgehead atoms. The van der Waals surface area contributed by atoms with Gasteiger partial charge in [-0.15, -0.1) is 0 Å². The van der Waals surface area contributed by atoms with Crippen molar-refractivity contribution >= 4 is 29.2 Å². The van der Waals surface area contributed by atoms with Crippen LogP contribution in [0.25, 0.3) is 0 Å². The maximum absolute atomic E-state index is 12.5. The number of hydrogen-bond donors (Lipinski definition) is 2. The minimum atomic E-state index is -4.92. The van der Waals surface area contributed by atoms with Gasteiger partial charge in [-0.1, -0.05) is 6.07 Å². The number of anilines is 2. The Morgan fingerprint density at radius 2 is 1.54 bits per heavy atom. The zero-order chi connectivity index (χ0) is 19.3. The van der Waals surface area contributed by atoms with Crippen LogP contribution in [0.1, 0.15) is 13.3 Å². The molecule has 2 N–H and O–H groups in total. The molecule has 7 nitrogen and oxygen atoms in total. The molecule has 0 saturated carbocycles. The minimum absolute atomic E-state index is 0.000952. The van der Waals surface area contributed by atoms with E-state index >= 15 is 0 Å². The number of amides is 4. The van der Waals surface area contributed by atoms with Gasteiger partial charge in [-0.3, -0.25) is 9.59 Å². The van der Waals surface area contributed by atoms with Gasteiger partial charge in [-0.2, -0.15) is 13.2 Å². The van der Waals surface area contributed by atoms with Gasteiger partial charge in [-0.25, -0.2) is 4.79 Å². The number of nitrogens with zero attached hydrogens (tertiary/aromatic N) is 2. The summed E-state index contributed by atoms with van der Waals surface area (Å²) in [7, 11) is 0. The fraction of sp³-hybridized carbons (Fsp3) is 0.438. The van der Waals surface area contributed by atoms with E-state index in [9.17, 15) is 27.6 Å². The molecule has 1 saturated heterocycles. The molecule has 142 valence electrons. The van der Waals surface area contributed by atoms with E-state index < -0.39 is 18.1 Å². The second-order valence-corrected chi connectivity index (χ2v) is 5.82. The van der Waals surface area contributed by atoms with Gasteiger partial charge in [-0.05, 0) is 24.6 Å². The quantitative estimate of drug-likeness (QED) is 0.836. The molecule has 4 amide bonds. The average Bonchev–Trinajstić information content (AvgIpc) is 2.79. The summed E-state index contributed by atoms with van der Waals surface area (Å²) in [6.07, 6.45) is -4.66.